The third kappa shape index (κ3) is 2.86. The van der Waals surface area contributed by atoms with Gasteiger partial charge in [0.2, 0.25) is 0 Å². The zero-order valence-corrected chi connectivity index (χ0v) is 12.2. The van der Waals surface area contributed by atoms with Crippen LogP contribution in [0.4, 0.5) is 5.82 Å². The first-order valence-electron chi connectivity index (χ1n) is 6.39. The first kappa shape index (κ1) is 13.9. The summed E-state index contributed by atoms with van der Waals surface area (Å²) in [4.78, 5) is 8.64. The lowest BCUT2D eigenvalue weighted by Gasteiger charge is -2.20. The number of fused-ring (bicyclic) bond motifs is 1. The van der Waals surface area contributed by atoms with Gasteiger partial charge in [-0.1, -0.05) is 11.6 Å². The predicted molar refractivity (Wildman–Crippen MR) is 78.6 cm³/mol. The third-order valence-corrected chi connectivity index (χ3v) is 3.23. The van der Waals surface area contributed by atoms with Crippen LogP contribution in [0.3, 0.4) is 0 Å². The number of halogens is 1. The van der Waals surface area contributed by atoms with E-state index in [1.807, 2.05) is 0 Å². The minimum Gasteiger partial charge on any atom is -0.486 e. The van der Waals surface area contributed by atoms with Gasteiger partial charge in [0.05, 0.1) is 17.3 Å². The second kappa shape index (κ2) is 5.75. The number of nitrogen functional groups attached to an aromatic ring is 1. The minimum atomic E-state index is 0.359. The average Bonchev–Trinajstić information content (AvgIpc) is 2.47. The fourth-order valence-corrected chi connectivity index (χ4v) is 2.37. The summed E-state index contributed by atoms with van der Waals surface area (Å²) in [5.41, 5.74) is 7.22. The Balaban J connectivity index is 2.06. The van der Waals surface area contributed by atoms with Gasteiger partial charge in [0.15, 0.2) is 17.3 Å². The second-order valence-corrected chi connectivity index (χ2v) is 4.93. The first-order valence-corrected chi connectivity index (χ1v) is 6.77. The molecule has 110 valence electrons. The van der Waals surface area contributed by atoms with E-state index in [9.17, 15) is 0 Å². The Labute approximate surface area is 126 Å². The van der Waals surface area contributed by atoms with Crippen molar-refractivity contribution >= 4 is 17.4 Å². The van der Waals surface area contributed by atoms with Crippen molar-refractivity contribution in [3.05, 3.63) is 28.9 Å². The highest BCUT2D eigenvalue weighted by Crippen LogP contribution is 2.40. The Bertz CT molecular complexity index is 679. The number of rotatable bonds is 3. The zero-order valence-electron chi connectivity index (χ0n) is 11.4. The van der Waals surface area contributed by atoms with Gasteiger partial charge in [-0.3, -0.25) is 0 Å². The van der Waals surface area contributed by atoms with Gasteiger partial charge in [0.25, 0.3) is 0 Å². The molecule has 1 aliphatic heterocycles. The molecule has 0 aliphatic carbocycles. The smallest absolute Gasteiger partial charge is 0.179 e. The number of nitrogens with two attached hydrogens (primary N) is 1. The highest BCUT2D eigenvalue weighted by Gasteiger charge is 2.18. The van der Waals surface area contributed by atoms with E-state index in [4.69, 9.17) is 31.5 Å². The van der Waals surface area contributed by atoms with E-state index in [0.29, 0.717) is 59.2 Å². The lowest BCUT2D eigenvalue weighted by Crippen LogP contribution is -2.15. The summed E-state index contributed by atoms with van der Waals surface area (Å²) in [5, 5.41) is 0.460. The van der Waals surface area contributed by atoms with Gasteiger partial charge < -0.3 is 19.9 Å². The predicted octanol–water partition coefficient (Wildman–Crippen LogP) is 2.30. The number of nitrogens with zero attached hydrogens (tertiary/aromatic N) is 2. The van der Waals surface area contributed by atoms with Crippen LogP contribution >= 0.6 is 11.6 Å². The molecule has 0 bridgehead atoms. The lowest BCUT2D eigenvalue weighted by molar-refractivity contribution is 0.172. The number of aromatic nitrogens is 2. The maximum atomic E-state index is 6.22. The van der Waals surface area contributed by atoms with Crippen LogP contribution in [0.15, 0.2) is 18.2 Å². The molecule has 1 aliphatic rings. The average molecular weight is 308 g/mol. The summed E-state index contributed by atoms with van der Waals surface area (Å²) in [6, 6.07) is 5.21. The standard InChI is InChI=1S/C14H14ClN3O3/c1-19-7-9-6-12(16)18-14(17-9)8-4-10(15)13-11(5-8)20-2-3-21-13/h4-6H,2-3,7H2,1H3,(H2,16,17,18). The zero-order chi connectivity index (χ0) is 14.8. The van der Waals surface area contributed by atoms with Crippen LogP contribution in [-0.2, 0) is 11.3 Å². The Morgan fingerprint density at radius 2 is 2.05 bits per heavy atom. The molecular weight excluding hydrogens is 294 g/mol. The normalized spacial score (nSPS) is 13.2. The van der Waals surface area contributed by atoms with Gasteiger partial charge in [-0.25, -0.2) is 9.97 Å². The Morgan fingerprint density at radius 3 is 2.86 bits per heavy atom. The van der Waals surface area contributed by atoms with Crippen LogP contribution in [0.5, 0.6) is 11.5 Å². The van der Waals surface area contributed by atoms with Crippen molar-refractivity contribution in [2.75, 3.05) is 26.1 Å². The Hall–Kier alpha value is -2.05. The second-order valence-electron chi connectivity index (χ2n) is 4.52. The molecule has 2 heterocycles. The molecule has 1 aromatic carbocycles. The van der Waals surface area contributed by atoms with Crippen LogP contribution < -0.4 is 15.2 Å². The van der Waals surface area contributed by atoms with Crippen LogP contribution in [0.2, 0.25) is 5.02 Å². The summed E-state index contributed by atoms with van der Waals surface area (Å²) in [7, 11) is 1.60. The molecular formula is C14H14ClN3O3. The van der Waals surface area contributed by atoms with Crippen molar-refractivity contribution < 1.29 is 14.2 Å². The highest BCUT2D eigenvalue weighted by molar-refractivity contribution is 6.32. The topological polar surface area (TPSA) is 79.5 Å². The Kier molecular flexibility index (Phi) is 3.81. The van der Waals surface area contributed by atoms with Gasteiger partial charge >= 0.3 is 0 Å². The van der Waals surface area contributed by atoms with Gasteiger partial charge in [-0.15, -0.1) is 0 Å². The van der Waals surface area contributed by atoms with E-state index in [-0.39, 0.29) is 0 Å². The van der Waals surface area contributed by atoms with E-state index in [1.54, 1.807) is 25.3 Å². The SMILES string of the molecule is COCc1cc(N)nc(-c2cc(Cl)c3c(c2)OCCO3)n1. The molecule has 1 aromatic heterocycles. The monoisotopic (exact) mass is 307 g/mol. The molecule has 6 nitrogen and oxygen atoms in total. The highest BCUT2D eigenvalue weighted by atomic mass is 35.5. The molecule has 3 rings (SSSR count). The van der Waals surface area contributed by atoms with Crippen LogP contribution in [0.25, 0.3) is 11.4 Å². The Morgan fingerprint density at radius 1 is 1.24 bits per heavy atom. The van der Waals surface area contributed by atoms with Crippen molar-refractivity contribution in [1.82, 2.24) is 9.97 Å². The number of benzene rings is 1. The largest absolute Gasteiger partial charge is 0.486 e. The molecule has 0 atom stereocenters. The fraction of sp³-hybridized carbons (Fsp3) is 0.286. The molecule has 0 unspecified atom stereocenters. The molecule has 0 radical (unpaired) electrons. The van der Waals surface area contributed by atoms with Gasteiger partial charge in [-0.2, -0.15) is 0 Å². The van der Waals surface area contributed by atoms with Crippen LogP contribution in [-0.4, -0.2) is 30.3 Å². The number of methoxy groups -OCH3 is 1. The van der Waals surface area contributed by atoms with E-state index in [0.717, 1.165) is 0 Å². The molecule has 2 N–H and O–H groups in total. The first-order chi connectivity index (χ1) is 10.2. The van der Waals surface area contributed by atoms with Gasteiger partial charge in [-0.05, 0) is 12.1 Å². The maximum absolute atomic E-state index is 6.22. The molecule has 0 saturated heterocycles. The molecule has 0 amide bonds. The van der Waals surface area contributed by atoms with E-state index in [1.165, 1.54) is 0 Å². The summed E-state index contributed by atoms with van der Waals surface area (Å²) in [6.45, 7) is 1.33. The van der Waals surface area contributed by atoms with Crippen LogP contribution in [0, 0.1) is 0 Å². The fourth-order valence-electron chi connectivity index (χ4n) is 2.11. The van der Waals surface area contributed by atoms with Crippen molar-refractivity contribution in [3.8, 4) is 22.9 Å². The van der Waals surface area contributed by atoms with Crippen molar-refractivity contribution in [3.63, 3.8) is 0 Å². The number of hydrogen-bond acceptors (Lipinski definition) is 6. The van der Waals surface area contributed by atoms with Gasteiger partial charge in [0, 0.05) is 18.7 Å². The lowest BCUT2D eigenvalue weighted by atomic mass is 10.1. The molecule has 21 heavy (non-hydrogen) atoms. The van der Waals surface area contributed by atoms with E-state index >= 15 is 0 Å². The summed E-state index contributed by atoms with van der Waals surface area (Å²) in [6.07, 6.45) is 0. The summed E-state index contributed by atoms with van der Waals surface area (Å²) in [5.74, 6) is 1.98. The maximum Gasteiger partial charge on any atom is 0.179 e. The molecule has 0 saturated carbocycles. The summed E-state index contributed by atoms with van der Waals surface area (Å²) < 4.78 is 16.1. The molecule has 7 heteroatoms. The van der Waals surface area contributed by atoms with E-state index in [2.05, 4.69) is 9.97 Å². The minimum absolute atomic E-state index is 0.359. The van der Waals surface area contributed by atoms with Crippen molar-refractivity contribution in [2.24, 2.45) is 0 Å². The van der Waals surface area contributed by atoms with Crippen molar-refractivity contribution in [2.45, 2.75) is 6.61 Å². The number of anilines is 1. The van der Waals surface area contributed by atoms with E-state index < -0.39 is 0 Å². The van der Waals surface area contributed by atoms with Crippen LogP contribution in [0.1, 0.15) is 5.69 Å². The van der Waals surface area contributed by atoms with Gasteiger partial charge in [0.1, 0.15) is 19.0 Å². The molecule has 0 fully saturated rings. The quantitative estimate of drug-likeness (QED) is 0.937. The molecule has 2 aromatic rings. The number of ether oxygens (including phenoxy) is 3. The number of hydrogen-bond donors (Lipinski definition) is 1. The third-order valence-electron chi connectivity index (χ3n) is 2.95. The van der Waals surface area contributed by atoms with Crippen molar-refractivity contribution in [1.29, 1.82) is 0 Å². The summed E-state index contributed by atoms with van der Waals surface area (Å²) >= 11 is 6.22. The molecule has 0 spiro atoms.